The molecule has 18 heavy (non-hydrogen) atoms. The van der Waals surface area contributed by atoms with Gasteiger partial charge in [0.2, 0.25) is 5.91 Å². The molecule has 0 aliphatic carbocycles. The first-order valence-corrected chi connectivity index (χ1v) is 5.91. The summed E-state index contributed by atoms with van der Waals surface area (Å²) in [5.41, 5.74) is 7.31. The van der Waals surface area contributed by atoms with Crippen LogP contribution in [0.1, 0.15) is 28.8 Å². The second-order valence-electron chi connectivity index (χ2n) is 4.07. The van der Waals surface area contributed by atoms with Crippen LogP contribution >= 0.6 is 0 Å². The number of hydrogen-bond acceptors (Lipinski definition) is 3. The van der Waals surface area contributed by atoms with Crippen molar-refractivity contribution in [2.75, 3.05) is 18.9 Å². The Bertz CT molecular complexity index is 444. The van der Waals surface area contributed by atoms with Gasteiger partial charge in [0.05, 0.1) is 11.3 Å². The Hall–Kier alpha value is -1.88. The molecular weight excluding hydrogens is 230 g/mol. The summed E-state index contributed by atoms with van der Waals surface area (Å²) in [6.07, 6.45) is 0.991. The van der Waals surface area contributed by atoms with Crippen LogP contribution < -0.4 is 16.4 Å². The summed E-state index contributed by atoms with van der Waals surface area (Å²) in [5, 5.41) is 5.29. The highest BCUT2D eigenvalue weighted by atomic mass is 16.2. The minimum atomic E-state index is -0.215. The van der Waals surface area contributed by atoms with Crippen molar-refractivity contribution >= 4 is 17.5 Å². The van der Waals surface area contributed by atoms with Crippen molar-refractivity contribution in [1.29, 1.82) is 0 Å². The van der Waals surface area contributed by atoms with Crippen molar-refractivity contribution < 1.29 is 9.59 Å². The zero-order chi connectivity index (χ0) is 13.5. The maximum absolute atomic E-state index is 11.7. The van der Waals surface area contributed by atoms with E-state index in [9.17, 15) is 9.59 Å². The van der Waals surface area contributed by atoms with Crippen LogP contribution in [0.3, 0.4) is 0 Å². The lowest BCUT2D eigenvalue weighted by Gasteiger charge is -2.11. The summed E-state index contributed by atoms with van der Waals surface area (Å²) in [5.74, 6) is -0.345. The van der Waals surface area contributed by atoms with Gasteiger partial charge in [0, 0.05) is 13.5 Å². The standard InChI is InChI=1S/C13H19N3O2/c1-9-5-6-11(10(8-9)13(18)15-2)16-12(17)4-3-7-14/h5-6,8H,3-4,7,14H2,1-2H3,(H,15,18)(H,16,17). The maximum Gasteiger partial charge on any atom is 0.253 e. The SMILES string of the molecule is CNC(=O)c1cc(C)ccc1NC(=O)CCCN. The summed E-state index contributed by atoms with van der Waals surface area (Å²) in [7, 11) is 1.56. The third-order valence-electron chi connectivity index (χ3n) is 2.53. The van der Waals surface area contributed by atoms with Crippen LogP contribution in [0.5, 0.6) is 0 Å². The second-order valence-corrected chi connectivity index (χ2v) is 4.07. The maximum atomic E-state index is 11.7. The number of nitrogens with one attached hydrogen (secondary N) is 2. The lowest BCUT2D eigenvalue weighted by atomic mass is 10.1. The molecule has 0 atom stereocenters. The van der Waals surface area contributed by atoms with Gasteiger partial charge in [-0.1, -0.05) is 11.6 Å². The molecule has 0 saturated heterocycles. The van der Waals surface area contributed by atoms with Crippen LogP contribution in [0.2, 0.25) is 0 Å². The van der Waals surface area contributed by atoms with Crippen LogP contribution in [0.15, 0.2) is 18.2 Å². The molecular formula is C13H19N3O2. The fourth-order valence-electron chi connectivity index (χ4n) is 1.56. The molecule has 5 heteroatoms. The largest absolute Gasteiger partial charge is 0.355 e. The minimum absolute atomic E-state index is 0.130. The summed E-state index contributed by atoms with van der Waals surface area (Å²) < 4.78 is 0. The summed E-state index contributed by atoms with van der Waals surface area (Å²) in [4.78, 5) is 23.3. The Morgan fingerprint density at radius 3 is 2.67 bits per heavy atom. The Morgan fingerprint density at radius 1 is 1.33 bits per heavy atom. The molecule has 0 heterocycles. The number of hydrogen-bond donors (Lipinski definition) is 3. The van der Waals surface area contributed by atoms with Crippen molar-refractivity contribution in [1.82, 2.24) is 5.32 Å². The summed E-state index contributed by atoms with van der Waals surface area (Å²) in [6.45, 7) is 2.37. The molecule has 2 amide bonds. The van der Waals surface area contributed by atoms with E-state index in [4.69, 9.17) is 5.73 Å². The number of nitrogens with two attached hydrogens (primary N) is 1. The molecule has 0 aliphatic heterocycles. The number of carbonyl (C=O) groups is 2. The zero-order valence-corrected chi connectivity index (χ0v) is 10.7. The summed E-state index contributed by atoms with van der Waals surface area (Å²) in [6, 6.07) is 5.34. The van der Waals surface area contributed by atoms with Crippen LogP contribution in [-0.2, 0) is 4.79 Å². The van der Waals surface area contributed by atoms with Crippen molar-refractivity contribution in [2.45, 2.75) is 19.8 Å². The quantitative estimate of drug-likeness (QED) is 0.728. The highest BCUT2D eigenvalue weighted by molar-refractivity contribution is 6.03. The van der Waals surface area contributed by atoms with Gasteiger partial charge >= 0.3 is 0 Å². The van der Waals surface area contributed by atoms with E-state index < -0.39 is 0 Å². The zero-order valence-electron chi connectivity index (χ0n) is 10.7. The second kappa shape index (κ2) is 6.76. The van der Waals surface area contributed by atoms with Crippen molar-refractivity contribution in [3.05, 3.63) is 29.3 Å². The van der Waals surface area contributed by atoms with Crippen LogP contribution in [-0.4, -0.2) is 25.4 Å². The van der Waals surface area contributed by atoms with E-state index in [0.717, 1.165) is 5.56 Å². The average molecular weight is 249 g/mol. The molecule has 1 aromatic carbocycles. The predicted molar refractivity (Wildman–Crippen MR) is 71.5 cm³/mol. The van der Waals surface area contributed by atoms with E-state index in [-0.39, 0.29) is 11.8 Å². The number of aryl methyl sites for hydroxylation is 1. The van der Waals surface area contributed by atoms with Crippen LogP contribution in [0.25, 0.3) is 0 Å². The Balaban J connectivity index is 2.87. The van der Waals surface area contributed by atoms with Gasteiger partial charge in [0.15, 0.2) is 0 Å². The van der Waals surface area contributed by atoms with E-state index in [1.54, 1.807) is 19.2 Å². The highest BCUT2D eigenvalue weighted by Gasteiger charge is 2.12. The number of anilines is 1. The van der Waals surface area contributed by atoms with Gasteiger partial charge in [-0.05, 0) is 32.0 Å². The molecule has 1 rings (SSSR count). The molecule has 5 nitrogen and oxygen atoms in total. The normalized spacial score (nSPS) is 9.94. The molecule has 4 N–H and O–H groups in total. The molecule has 0 aromatic heterocycles. The fourth-order valence-corrected chi connectivity index (χ4v) is 1.56. The van der Waals surface area contributed by atoms with Crippen molar-refractivity contribution in [3.8, 4) is 0 Å². The fraction of sp³-hybridized carbons (Fsp3) is 0.385. The molecule has 0 fully saturated rings. The van der Waals surface area contributed by atoms with Gasteiger partial charge in [-0.15, -0.1) is 0 Å². The van der Waals surface area contributed by atoms with Gasteiger partial charge in [-0.25, -0.2) is 0 Å². The first-order chi connectivity index (χ1) is 8.58. The number of rotatable bonds is 5. The number of benzene rings is 1. The monoisotopic (exact) mass is 249 g/mol. The molecule has 0 saturated carbocycles. The van der Waals surface area contributed by atoms with Gasteiger partial charge < -0.3 is 16.4 Å². The van der Waals surface area contributed by atoms with Crippen LogP contribution in [0, 0.1) is 6.92 Å². The van der Waals surface area contributed by atoms with Gasteiger partial charge in [0.25, 0.3) is 5.91 Å². The molecule has 0 spiro atoms. The van der Waals surface area contributed by atoms with Crippen LogP contribution in [0.4, 0.5) is 5.69 Å². The predicted octanol–water partition coefficient (Wildman–Crippen LogP) is 1.03. The molecule has 1 aromatic rings. The first kappa shape index (κ1) is 14.2. The van der Waals surface area contributed by atoms with E-state index in [2.05, 4.69) is 10.6 Å². The van der Waals surface area contributed by atoms with E-state index in [1.165, 1.54) is 0 Å². The molecule has 98 valence electrons. The number of amides is 2. The van der Waals surface area contributed by atoms with Crippen molar-refractivity contribution in [2.24, 2.45) is 5.73 Å². The third-order valence-corrected chi connectivity index (χ3v) is 2.53. The highest BCUT2D eigenvalue weighted by Crippen LogP contribution is 2.17. The van der Waals surface area contributed by atoms with Gasteiger partial charge in [-0.2, -0.15) is 0 Å². The minimum Gasteiger partial charge on any atom is -0.355 e. The first-order valence-electron chi connectivity index (χ1n) is 5.91. The van der Waals surface area contributed by atoms with Gasteiger partial charge in [-0.3, -0.25) is 9.59 Å². The average Bonchev–Trinajstić information content (AvgIpc) is 2.37. The van der Waals surface area contributed by atoms with E-state index >= 15 is 0 Å². The Labute approximate surface area is 107 Å². The summed E-state index contributed by atoms with van der Waals surface area (Å²) >= 11 is 0. The topological polar surface area (TPSA) is 84.2 Å². The lowest BCUT2D eigenvalue weighted by molar-refractivity contribution is -0.116. The lowest BCUT2D eigenvalue weighted by Crippen LogP contribution is -2.22. The number of carbonyl (C=O) groups excluding carboxylic acids is 2. The Kier molecular flexibility index (Phi) is 5.32. The molecule has 0 unspecified atom stereocenters. The van der Waals surface area contributed by atoms with E-state index in [0.29, 0.717) is 30.6 Å². The molecule has 0 radical (unpaired) electrons. The molecule has 0 bridgehead atoms. The molecule has 0 aliphatic rings. The third kappa shape index (κ3) is 3.85. The van der Waals surface area contributed by atoms with Gasteiger partial charge in [0.1, 0.15) is 0 Å². The van der Waals surface area contributed by atoms with Crippen molar-refractivity contribution in [3.63, 3.8) is 0 Å². The smallest absolute Gasteiger partial charge is 0.253 e. The Morgan fingerprint density at radius 2 is 2.06 bits per heavy atom. The van der Waals surface area contributed by atoms with E-state index in [1.807, 2.05) is 13.0 Å².